The number of fused-ring (bicyclic) bond motifs is 1. The predicted molar refractivity (Wildman–Crippen MR) is 93.8 cm³/mol. The fraction of sp³-hybridized carbons (Fsp3) is 0.312. The summed E-state index contributed by atoms with van der Waals surface area (Å²) in [6, 6.07) is 7.80. The van der Waals surface area contributed by atoms with Gasteiger partial charge in [0.25, 0.3) is 0 Å². The van der Waals surface area contributed by atoms with Crippen molar-refractivity contribution in [2.45, 2.75) is 18.8 Å². The first kappa shape index (κ1) is 16.5. The van der Waals surface area contributed by atoms with E-state index in [9.17, 15) is 4.79 Å². The van der Waals surface area contributed by atoms with Crippen LogP contribution in [0.5, 0.6) is 0 Å². The van der Waals surface area contributed by atoms with Crippen molar-refractivity contribution in [1.82, 2.24) is 25.5 Å². The number of carbonyl (C=O) groups is 1. The number of para-hydroxylation sites is 1. The van der Waals surface area contributed by atoms with Crippen LogP contribution in [0, 0.1) is 0 Å². The Morgan fingerprint density at radius 2 is 2.17 bits per heavy atom. The molecule has 0 bridgehead atoms. The third-order valence-corrected chi connectivity index (χ3v) is 4.21. The zero-order valence-electron chi connectivity index (χ0n) is 13.5. The number of hydrogen-bond donors (Lipinski definition) is 3. The van der Waals surface area contributed by atoms with E-state index in [0.29, 0.717) is 24.6 Å². The average molecular weight is 345 g/mol. The van der Waals surface area contributed by atoms with Crippen LogP contribution in [0.25, 0.3) is 10.9 Å². The molecule has 1 aromatic carbocycles. The molecule has 2 heterocycles. The molecule has 0 spiro atoms. The van der Waals surface area contributed by atoms with Crippen molar-refractivity contribution < 1.29 is 9.53 Å². The van der Waals surface area contributed by atoms with Gasteiger partial charge in [-0.15, -0.1) is 0 Å². The molecule has 2 aromatic heterocycles. The molecule has 7 nitrogen and oxygen atoms in total. The van der Waals surface area contributed by atoms with Crippen LogP contribution >= 0.6 is 11.8 Å². The molecular formula is C16H19N5O2S. The molecule has 0 amide bonds. The highest BCUT2D eigenvalue weighted by Gasteiger charge is 2.17. The van der Waals surface area contributed by atoms with Crippen molar-refractivity contribution in [3.05, 3.63) is 47.2 Å². The van der Waals surface area contributed by atoms with Crippen LogP contribution in [0.1, 0.15) is 27.7 Å². The van der Waals surface area contributed by atoms with Gasteiger partial charge in [0.15, 0.2) is 5.82 Å². The molecule has 0 aliphatic rings. The van der Waals surface area contributed by atoms with Crippen LogP contribution < -0.4 is 5.32 Å². The molecule has 0 aliphatic carbocycles. The number of aromatic amines is 2. The Hall–Kier alpha value is -2.32. The molecule has 3 aromatic rings. The van der Waals surface area contributed by atoms with E-state index in [1.807, 2.05) is 30.5 Å². The first-order valence-corrected chi connectivity index (χ1v) is 8.90. The summed E-state index contributed by atoms with van der Waals surface area (Å²) in [5.41, 5.74) is 2.27. The number of nitrogens with one attached hydrogen (secondary N) is 3. The molecule has 0 atom stereocenters. The number of aromatic nitrogens is 4. The Balaban J connectivity index is 1.75. The van der Waals surface area contributed by atoms with E-state index >= 15 is 0 Å². The van der Waals surface area contributed by atoms with Gasteiger partial charge in [0, 0.05) is 23.0 Å². The van der Waals surface area contributed by atoms with Crippen LogP contribution in [0.2, 0.25) is 0 Å². The Morgan fingerprint density at radius 3 is 2.96 bits per heavy atom. The lowest BCUT2D eigenvalue weighted by atomic mass is 10.1. The number of methoxy groups -OCH3 is 1. The largest absolute Gasteiger partial charge is 0.464 e. The molecular weight excluding hydrogens is 326 g/mol. The second-order valence-corrected chi connectivity index (χ2v) is 6.12. The number of carbonyl (C=O) groups excluding carboxylic acids is 1. The summed E-state index contributed by atoms with van der Waals surface area (Å²) in [6.07, 6.45) is 2.02. The maximum Gasteiger partial charge on any atom is 0.354 e. The number of nitrogens with zero attached hydrogens (tertiary/aromatic N) is 2. The SMILES string of the molecule is COC(=O)c1[nH]c2ccccc2c1CNCc1n[nH]c(CSC)n1. The predicted octanol–water partition coefficient (Wildman–Crippen LogP) is 2.23. The van der Waals surface area contributed by atoms with Crippen molar-refractivity contribution in [2.75, 3.05) is 13.4 Å². The maximum atomic E-state index is 12.0. The van der Waals surface area contributed by atoms with E-state index in [-0.39, 0.29) is 5.97 Å². The average Bonchev–Trinajstić information content (AvgIpc) is 3.19. The second kappa shape index (κ2) is 7.50. The van der Waals surface area contributed by atoms with Gasteiger partial charge in [0.05, 0.1) is 19.4 Å². The second-order valence-electron chi connectivity index (χ2n) is 5.25. The Kier molecular flexibility index (Phi) is 5.17. The summed E-state index contributed by atoms with van der Waals surface area (Å²) in [5.74, 6) is 2.00. The quantitative estimate of drug-likeness (QED) is 0.568. The molecule has 126 valence electrons. The van der Waals surface area contributed by atoms with Gasteiger partial charge in [-0.05, 0) is 12.3 Å². The normalized spacial score (nSPS) is 11.1. The number of esters is 1. The molecule has 0 radical (unpaired) electrons. The van der Waals surface area contributed by atoms with Gasteiger partial charge in [0.1, 0.15) is 11.5 Å². The molecule has 3 rings (SSSR count). The van der Waals surface area contributed by atoms with E-state index in [4.69, 9.17) is 4.74 Å². The lowest BCUT2D eigenvalue weighted by Crippen LogP contribution is -2.16. The molecule has 0 saturated heterocycles. The minimum Gasteiger partial charge on any atom is -0.464 e. The van der Waals surface area contributed by atoms with Gasteiger partial charge in [-0.3, -0.25) is 5.10 Å². The number of H-pyrrole nitrogens is 2. The molecule has 0 aliphatic heterocycles. The molecule has 0 fully saturated rings. The van der Waals surface area contributed by atoms with Gasteiger partial charge in [0.2, 0.25) is 0 Å². The number of benzene rings is 1. The summed E-state index contributed by atoms with van der Waals surface area (Å²) < 4.78 is 4.87. The topological polar surface area (TPSA) is 95.7 Å². The minimum atomic E-state index is -0.372. The van der Waals surface area contributed by atoms with E-state index < -0.39 is 0 Å². The van der Waals surface area contributed by atoms with E-state index in [1.54, 1.807) is 11.8 Å². The lowest BCUT2D eigenvalue weighted by Gasteiger charge is -2.04. The standard InChI is InChI=1S/C16H19N5O2S/c1-23-16(22)15-11(10-5-3-4-6-12(10)18-15)7-17-8-13-19-14(9-24-2)21-20-13/h3-6,17-18H,7-9H2,1-2H3,(H,19,20,21). The number of thioether (sulfide) groups is 1. The highest BCUT2D eigenvalue weighted by molar-refractivity contribution is 7.97. The molecule has 3 N–H and O–H groups in total. The summed E-state index contributed by atoms with van der Waals surface area (Å²) in [5, 5.41) is 11.4. The first-order valence-electron chi connectivity index (χ1n) is 7.50. The molecule has 0 unspecified atom stereocenters. The third kappa shape index (κ3) is 3.44. The van der Waals surface area contributed by atoms with Crippen LogP contribution in [0.3, 0.4) is 0 Å². The zero-order valence-corrected chi connectivity index (χ0v) is 14.4. The van der Waals surface area contributed by atoms with E-state index in [2.05, 4.69) is 25.5 Å². The van der Waals surface area contributed by atoms with Gasteiger partial charge in [-0.2, -0.15) is 16.9 Å². The smallest absolute Gasteiger partial charge is 0.354 e. The zero-order chi connectivity index (χ0) is 16.9. The number of hydrogen-bond acceptors (Lipinski definition) is 6. The molecule has 0 saturated carbocycles. The number of ether oxygens (including phenoxy) is 1. The molecule has 8 heteroatoms. The number of rotatable bonds is 7. The summed E-state index contributed by atoms with van der Waals surface area (Å²) in [4.78, 5) is 19.5. The van der Waals surface area contributed by atoms with Crippen LogP contribution in [-0.4, -0.2) is 39.5 Å². The monoisotopic (exact) mass is 345 g/mol. The van der Waals surface area contributed by atoms with Crippen molar-refractivity contribution in [3.8, 4) is 0 Å². The van der Waals surface area contributed by atoms with Crippen molar-refractivity contribution in [3.63, 3.8) is 0 Å². The summed E-state index contributed by atoms with van der Waals surface area (Å²) in [6.45, 7) is 1.03. The maximum absolute atomic E-state index is 12.0. The summed E-state index contributed by atoms with van der Waals surface area (Å²) >= 11 is 1.69. The van der Waals surface area contributed by atoms with Crippen LogP contribution in [0.4, 0.5) is 0 Å². The summed E-state index contributed by atoms with van der Waals surface area (Å²) in [7, 11) is 1.38. The molecule has 24 heavy (non-hydrogen) atoms. The van der Waals surface area contributed by atoms with Crippen molar-refractivity contribution >= 4 is 28.6 Å². The van der Waals surface area contributed by atoms with Gasteiger partial charge < -0.3 is 15.0 Å². The van der Waals surface area contributed by atoms with Crippen LogP contribution in [0.15, 0.2) is 24.3 Å². The Labute approximate surface area is 143 Å². The Morgan fingerprint density at radius 1 is 1.33 bits per heavy atom. The fourth-order valence-corrected chi connectivity index (χ4v) is 2.98. The lowest BCUT2D eigenvalue weighted by molar-refractivity contribution is 0.0593. The Bertz CT molecular complexity index is 842. The van der Waals surface area contributed by atoms with E-state index in [1.165, 1.54) is 7.11 Å². The van der Waals surface area contributed by atoms with Gasteiger partial charge >= 0.3 is 5.97 Å². The minimum absolute atomic E-state index is 0.372. The third-order valence-electron chi connectivity index (χ3n) is 3.65. The highest BCUT2D eigenvalue weighted by Crippen LogP contribution is 2.23. The van der Waals surface area contributed by atoms with E-state index in [0.717, 1.165) is 28.0 Å². The van der Waals surface area contributed by atoms with Gasteiger partial charge in [-0.25, -0.2) is 9.78 Å². The van der Waals surface area contributed by atoms with Gasteiger partial charge in [-0.1, -0.05) is 18.2 Å². The van der Waals surface area contributed by atoms with Crippen LogP contribution in [-0.2, 0) is 23.6 Å². The van der Waals surface area contributed by atoms with Crippen molar-refractivity contribution in [2.24, 2.45) is 0 Å². The highest BCUT2D eigenvalue weighted by atomic mass is 32.2. The van der Waals surface area contributed by atoms with Crippen molar-refractivity contribution in [1.29, 1.82) is 0 Å². The fourth-order valence-electron chi connectivity index (χ4n) is 2.57. The first-order chi connectivity index (χ1) is 11.7.